The van der Waals surface area contributed by atoms with Crippen molar-refractivity contribution < 1.29 is 4.79 Å². The molecule has 0 spiro atoms. The summed E-state index contributed by atoms with van der Waals surface area (Å²) in [6.07, 6.45) is 4.80. The van der Waals surface area contributed by atoms with Gasteiger partial charge >= 0.3 is 0 Å². The maximum atomic E-state index is 12.9. The molecule has 118 valence electrons. The Kier molecular flexibility index (Phi) is 3.61. The molecule has 23 heavy (non-hydrogen) atoms. The highest BCUT2D eigenvalue weighted by atomic mass is 32.1. The third-order valence-electron chi connectivity index (χ3n) is 4.17. The van der Waals surface area contributed by atoms with E-state index in [2.05, 4.69) is 15.0 Å². The largest absolute Gasteiger partial charge is 0.332 e. The van der Waals surface area contributed by atoms with Crippen LogP contribution in [0.1, 0.15) is 44.3 Å². The summed E-state index contributed by atoms with van der Waals surface area (Å²) in [6.45, 7) is 2.03. The fourth-order valence-electron chi connectivity index (χ4n) is 3.04. The van der Waals surface area contributed by atoms with Gasteiger partial charge in [0.2, 0.25) is 0 Å². The first-order chi connectivity index (χ1) is 11.1. The van der Waals surface area contributed by atoms with Crippen molar-refractivity contribution in [3.05, 3.63) is 38.9 Å². The lowest BCUT2D eigenvalue weighted by Crippen LogP contribution is -2.32. The molecule has 0 radical (unpaired) electrons. The first kappa shape index (κ1) is 14.7. The molecule has 0 aliphatic heterocycles. The van der Waals surface area contributed by atoms with E-state index >= 15 is 0 Å². The van der Waals surface area contributed by atoms with E-state index in [-0.39, 0.29) is 11.9 Å². The molecule has 3 heterocycles. The second-order valence-electron chi connectivity index (χ2n) is 5.71. The van der Waals surface area contributed by atoms with E-state index in [1.54, 1.807) is 17.5 Å². The van der Waals surface area contributed by atoms with Gasteiger partial charge in [-0.15, -0.1) is 11.3 Å². The van der Waals surface area contributed by atoms with Gasteiger partial charge in [0.25, 0.3) is 5.91 Å². The predicted molar refractivity (Wildman–Crippen MR) is 92.0 cm³/mol. The van der Waals surface area contributed by atoms with Crippen molar-refractivity contribution in [3.63, 3.8) is 0 Å². The third kappa shape index (κ3) is 2.53. The van der Waals surface area contributed by atoms with Gasteiger partial charge in [-0.05, 0) is 38.3 Å². The first-order valence-corrected chi connectivity index (χ1v) is 9.21. The number of pyridine rings is 1. The summed E-state index contributed by atoms with van der Waals surface area (Å²) >= 11 is 3.07. The van der Waals surface area contributed by atoms with Crippen LogP contribution in [0.25, 0.3) is 10.3 Å². The maximum absolute atomic E-state index is 12.9. The van der Waals surface area contributed by atoms with E-state index in [0.29, 0.717) is 5.01 Å². The standard InChI is InChI=1S/C16H16N4OS2/c1-9-18-10-5-3-7-12(13(10)22-9)20(2)16(21)15-19-11-6-4-8-17-14(11)23-15/h4,6,8,12H,3,5,7H2,1-2H3/t12-/m0/s1. The number of rotatable bonds is 2. The van der Waals surface area contributed by atoms with E-state index in [1.165, 1.54) is 16.2 Å². The number of thiazole rings is 2. The van der Waals surface area contributed by atoms with Crippen LogP contribution in [0.15, 0.2) is 18.3 Å². The van der Waals surface area contributed by atoms with Crippen LogP contribution in [-0.2, 0) is 6.42 Å². The third-order valence-corrected chi connectivity index (χ3v) is 6.25. The average molecular weight is 344 g/mol. The lowest BCUT2D eigenvalue weighted by Gasteiger charge is -2.30. The van der Waals surface area contributed by atoms with Crippen LogP contribution in [-0.4, -0.2) is 32.8 Å². The Morgan fingerprint density at radius 2 is 2.22 bits per heavy atom. The Bertz CT molecular complexity index is 852. The molecule has 1 atom stereocenters. The zero-order valence-corrected chi connectivity index (χ0v) is 14.6. The van der Waals surface area contributed by atoms with Crippen LogP contribution in [0, 0.1) is 6.92 Å². The molecule has 3 aromatic rings. The molecule has 0 unspecified atom stereocenters. The van der Waals surface area contributed by atoms with Crippen molar-refractivity contribution in [3.8, 4) is 0 Å². The molecule has 0 aromatic carbocycles. The maximum Gasteiger partial charge on any atom is 0.283 e. The molecule has 0 saturated carbocycles. The molecule has 3 aromatic heterocycles. The molecule has 0 fully saturated rings. The van der Waals surface area contributed by atoms with Crippen LogP contribution in [0.4, 0.5) is 0 Å². The average Bonchev–Trinajstić information content (AvgIpc) is 3.15. The van der Waals surface area contributed by atoms with Crippen molar-refractivity contribution in [2.75, 3.05) is 7.05 Å². The van der Waals surface area contributed by atoms with Gasteiger partial charge < -0.3 is 4.90 Å². The summed E-state index contributed by atoms with van der Waals surface area (Å²) < 4.78 is 0. The molecule has 1 amide bonds. The van der Waals surface area contributed by atoms with Crippen LogP contribution in [0.5, 0.6) is 0 Å². The van der Waals surface area contributed by atoms with Crippen molar-refractivity contribution in [2.45, 2.75) is 32.2 Å². The van der Waals surface area contributed by atoms with Crippen molar-refractivity contribution in [1.29, 1.82) is 0 Å². The Labute approximate surface area is 142 Å². The van der Waals surface area contributed by atoms with Crippen molar-refractivity contribution in [2.24, 2.45) is 0 Å². The number of aryl methyl sites for hydroxylation is 2. The monoisotopic (exact) mass is 344 g/mol. The van der Waals surface area contributed by atoms with E-state index in [1.807, 2.05) is 31.0 Å². The second-order valence-corrected chi connectivity index (χ2v) is 7.93. The number of hydrogen-bond donors (Lipinski definition) is 0. The van der Waals surface area contributed by atoms with Gasteiger partial charge in [0.1, 0.15) is 10.3 Å². The van der Waals surface area contributed by atoms with E-state index in [0.717, 1.165) is 40.3 Å². The molecule has 4 rings (SSSR count). The lowest BCUT2D eigenvalue weighted by molar-refractivity contribution is 0.0718. The number of aromatic nitrogens is 3. The zero-order chi connectivity index (χ0) is 16.0. The molecular weight excluding hydrogens is 328 g/mol. The van der Waals surface area contributed by atoms with Gasteiger partial charge in [0.15, 0.2) is 5.01 Å². The molecular formula is C16H16N4OS2. The highest BCUT2D eigenvalue weighted by Crippen LogP contribution is 2.38. The molecule has 1 aliphatic carbocycles. The minimum Gasteiger partial charge on any atom is -0.332 e. The fourth-order valence-corrected chi connectivity index (χ4v) is 5.08. The highest BCUT2D eigenvalue weighted by molar-refractivity contribution is 7.19. The summed E-state index contributed by atoms with van der Waals surface area (Å²) in [5.74, 6) is -0.0306. The Hall–Kier alpha value is -1.86. The van der Waals surface area contributed by atoms with Crippen LogP contribution >= 0.6 is 22.7 Å². The highest BCUT2D eigenvalue weighted by Gasteiger charge is 2.31. The number of carbonyl (C=O) groups excluding carboxylic acids is 1. The normalized spacial score (nSPS) is 17.2. The summed E-state index contributed by atoms with van der Waals surface area (Å²) in [7, 11) is 1.87. The minimum absolute atomic E-state index is 0.0306. The number of carbonyl (C=O) groups is 1. The van der Waals surface area contributed by atoms with E-state index in [9.17, 15) is 4.79 Å². The van der Waals surface area contributed by atoms with Gasteiger partial charge in [-0.25, -0.2) is 15.0 Å². The Balaban J connectivity index is 1.66. The fraction of sp³-hybridized carbons (Fsp3) is 0.375. The minimum atomic E-state index is -0.0306. The number of fused-ring (bicyclic) bond motifs is 2. The second kappa shape index (κ2) is 5.65. The predicted octanol–water partition coefficient (Wildman–Crippen LogP) is 3.61. The van der Waals surface area contributed by atoms with Crippen molar-refractivity contribution >= 4 is 38.9 Å². The molecule has 0 saturated heterocycles. The van der Waals surface area contributed by atoms with Gasteiger partial charge in [0, 0.05) is 13.2 Å². The molecule has 0 bridgehead atoms. The zero-order valence-electron chi connectivity index (χ0n) is 12.9. The first-order valence-electron chi connectivity index (χ1n) is 7.58. The topological polar surface area (TPSA) is 59.0 Å². The summed E-state index contributed by atoms with van der Waals surface area (Å²) in [5.41, 5.74) is 1.95. The number of hydrogen-bond acceptors (Lipinski definition) is 6. The smallest absolute Gasteiger partial charge is 0.283 e. The molecule has 0 N–H and O–H groups in total. The van der Waals surface area contributed by atoms with Crippen molar-refractivity contribution in [1.82, 2.24) is 19.9 Å². The van der Waals surface area contributed by atoms with Crippen LogP contribution < -0.4 is 0 Å². The van der Waals surface area contributed by atoms with Gasteiger partial charge in [-0.2, -0.15) is 0 Å². The molecule has 7 heteroatoms. The van der Waals surface area contributed by atoms with Gasteiger partial charge in [0.05, 0.1) is 21.6 Å². The van der Waals surface area contributed by atoms with E-state index in [4.69, 9.17) is 0 Å². The number of nitrogens with zero attached hydrogens (tertiary/aromatic N) is 4. The summed E-state index contributed by atoms with van der Waals surface area (Å²) in [4.78, 5) is 30.1. The summed E-state index contributed by atoms with van der Waals surface area (Å²) in [6, 6.07) is 3.84. The SMILES string of the molecule is Cc1nc2c(s1)[C@@H](N(C)C(=O)c1nc3cccnc3s1)CCC2. The molecule has 1 aliphatic rings. The Morgan fingerprint density at radius 1 is 1.35 bits per heavy atom. The lowest BCUT2D eigenvalue weighted by atomic mass is 9.97. The Morgan fingerprint density at radius 3 is 3.04 bits per heavy atom. The van der Waals surface area contributed by atoms with Gasteiger partial charge in [-0.1, -0.05) is 11.3 Å². The van der Waals surface area contributed by atoms with E-state index < -0.39 is 0 Å². The quantitative estimate of drug-likeness (QED) is 0.712. The van der Waals surface area contributed by atoms with Gasteiger partial charge in [-0.3, -0.25) is 4.79 Å². The molecule has 5 nitrogen and oxygen atoms in total. The van der Waals surface area contributed by atoms with Crippen LogP contribution in [0.2, 0.25) is 0 Å². The number of amides is 1. The summed E-state index contributed by atoms with van der Waals surface area (Å²) in [5, 5.41) is 1.58. The van der Waals surface area contributed by atoms with Crippen LogP contribution in [0.3, 0.4) is 0 Å².